The maximum absolute atomic E-state index is 12.3. The van der Waals surface area contributed by atoms with Crippen LogP contribution in [0.1, 0.15) is 26.3 Å². The zero-order valence-electron chi connectivity index (χ0n) is 13.1. The monoisotopic (exact) mass is 293 g/mol. The van der Waals surface area contributed by atoms with Crippen molar-refractivity contribution in [1.29, 1.82) is 0 Å². The number of benzene rings is 1. The van der Waals surface area contributed by atoms with Crippen LogP contribution in [0.4, 0.5) is 0 Å². The van der Waals surface area contributed by atoms with Gasteiger partial charge in [0.15, 0.2) is 6.10 Å². The normalized spacial score (nSPS) is 11.6. The van der Waals surface area contributed by atoms with E-state index in [1.807, 2.05) is 38.1 Å². The lowest BCUT2D eigenvalue weighted by Gasteiger charge is -2.24. The van der Waals surface area contributed by atoms with Crippen molar-refractivity contribution in [1.82, 2.24) is 4.90 Å². The molecule has 5 heteroatoms. The molecular weight excluding hydrogens is 270 g/mol. The van der Waals surface area contributed by atoms with E-state index in [1.165, 1.54) is 4.90 Å². The molecule has 0 bridgehead atoms. The van der Waals surface area contributed by atoms with Gasteiger partial charge in [-0.3, -0.25) is 9.59 Å². The summed E-state index contributed by atoms with van der Waals surface area (Å²) < 4.78 is 10.5. The fourth-order valence-electron chi connectivity index (χ4n) is 1.84. The number of carbonyl (C=O) groups excluding carboxylic acids is 2. The van der Waals surface area contributed by atoms with Crippen molar-refractivity contribution in [3.63, 3.8) is 0 Å². The molecule has 0 aromatic heterocycles. The Morgan fingerprint density at radius 3 is 2.33 bits per heavy atom. The number of nitrogens with zero attached hydrogens (tertiary/aromatic N) is 1. The summed E-state index contributed by atoms with van der Waals surface area (Å²) in [5, 5.41) is 0. The molecular formula is C16H23NO4. The highest BCUT2D eigenvalue weighted by molar-refractivity contribution is 5.85. The maximum Gasteiger partial charge on any atom is 0.325 e. The smallest absolute Gasteiger partial charge is 0.325 e. The van der Waals surface area contributed by atoms with Crippen molar-refractivity contribution in [3.05, 3.63) is 29.8 Å². The zero-order chi connectivity index (χ0) is 15.8. The fourth-order valence-corrected chi connectivity index (χ4v) is 1.84. The molecule has 1 aromatic carbocycles. The van der Waals surface area contributed by atoms with E-state index in [0.29, 0.717) is 18.9 Å². The third-order valence-electron chi connectivity index (χ3n) is 3.00. The van der Waals surface area contributed by atoms with Crippen LogP contribution in [0.5, 0.6) is 5.75 Å². The third kappa shape index (κ3) is 5.45. The van der Waals surface area contributed by atoms with Gasteiger partial charge < -0.3 is 14.4 Å². The molecule has 1 aromatic rings. The predicted molar refractivity (Wildman–Crippen MR) is 80.2 cm³/mol. The first-order valence-corrected chi connectivity index (χ1v) is 7.15. The first-order valence-electron chi connectivity index (χ1n) is 7.15. The van der Waals surface area contributed by atoms with Crippen LogP contribution in [0.3, 0.4) is 0 Å². The van der Waals surface area contributed by atoms with Gasteiger partial charge in [-0.25, -0.2) is 0 Å². The molecule has 1 atom stereocenters. The molecule has 0 saturated carbocycles. The second-order valence-electron chi connectivity index (χ2n) is 4.73. The number of hydrogen-bond acceptors (Lipinski definition) is 4. The summed E-state index contributed by atoms with van der Waals surface area (Å²) in [6.45, 7) is 7.89. The summed E-state index contributed by atoms with van der Waals surface area (Å²) in [4.78, 5) is 25.2. The highest BCUT2D eigenvalue weighted by Crippen LogP contribution is 2.14. The minimum absolute atomic E-state index is 0.0508. The Morgan fingerprint density at radius 1 is 1.19 bits per heavy atom. The van der Waals surface area contributed by atoms with Crippen LogP contribution >= 0.6 is 0 Å². The average molecular weight is 293 g/mol. The van der Waals surface area contributed by atoms with Crippen LogP contribution in [0, 0.1) is 6.92 Å². The molecule has 1 amide bonds. The molecule has 0 spiro atoms. The van der Waals surface area contributed by atoms with Crippen LogP contribution in [0.15, 0.2) is 24.3 Å². The Bertz CT molecular complexity index is 470. The molecule has 5 nitrogen and oxygen atoms in total. The van der Waals surface area contributed by atoms with Crippen LogP contribution in [0.2, 0.25) is 0 Å². The lowest BCUT2D eigenvalue weighted by atomic mass is 10.2. The van der Waals surface area contributed by atoms with E-state index in [-0.39, 0.29) is 12.5 Å². The Kier molecular flexibility index (Phi) is 6.72. The van der Waals surface area contributed by atoms with Crippen LogP contribution < -0.4 is 4.74 Å². The number of rotatable bonds is 7. The van der Waals surface area contributed by atoms with Crippen molar-refractivity contribution < 1.29 is 19.1 Å². The van der Waals surface area contributed by atoms with Crippen molar-refractivity contribution in [2.45, 2.75) is 33.8 Å². The number of ether oxygens (including phenoxy) is 2. The molecule has 1 rings (SSSR count). The highest BCUT2D eigenvalue weighted by atomic mass is 16.5. The molecule has 0 saturated heterocycles. The van der Waals surface area contributed by atoms with E-state index >= 15 is 0 Å². The molecule has 0 aliphatic heterocycles. The van der Waals surface area contributed by atoms with E-state index in [1.54, 1.807) is 13.8 Å². The van der Waals surface area contributed by atoms with Gasteiger partial charge in [-0.2, -0.15) is 0 Å². The van der Waals surface area contributed by atoms with Gasteiger partial charge in [0.2, 0.25) is 0 Å². The number of esters is 1. The van der Waals surface area contributed by atoms with E-state index in [0.717, 1.165) is 5.56 Å². The second kappa shape index (κ2) is 8.29. The fraction of sp³-hybridized carbons (Fsp3) is 0.500. The molecule has 0 radical (unpaired) electrons. The third-order valence-corrected chi connectivity index (χ3v) is 3.00. The maximum atomic E-state index is 12.3. The van der Waals surface area contributed by atoms with Crippen molar-refractivity contribution in [2.75, 3.05) is 19.7 Å². The summed E-state index contributed by atoms with van der Waals surface area (Å²) >= 11 is 0. The largest absolute Gasteiger partial charge is 0.481 e. The van der Waals surface area contributed by atoms with Gasteiger partial charge in [0.05, 0.1) is 6.61 Å². The van der Waals surface area contributed by atoms with Gasteiger partial charge in [-0.15, -0.1) is 0 Å². The number of hydrogen-bond donors (Lipinski definition) is 0. The van der Waals surface area contributed by atoms with Crippen LogP contribution in [0.25, 0.3) is 0 Å². The lowest BCUT2D eigenvalue weighted by Crippen LogP contribution is -2.43. The van der Waals surface area contributed by atoms with E-state index in [2.05, 4.69) is 0 Å². The van der Waals surface area contributed by atoms with Gasteiger partial charge in [0, 0.05) is 6.54 Å². The molecule has 116 valence electrons. The van der Waals surface area contributed by atoms with Crippen molar-refractivity contribution >= 4 is 11.9 Å². The topological polar surface area (TPSA) is 55.8 Å². The standard InChI is InChI=1S/C16H23NO4/c1-5-17(11-15(18)20-6-2)16(19)13(4)21-14-9-7-12(3)8-10-14/h7-10,13H,5-6,11H2,1-4H3. The lowest BCUT2D eigenvalue weighted by molar-refractivity contribution is -0.150. The first-order chi connectivity index (χ1) is 9.97. The van der Waals surface area contributed by atoms with Gasteiger partial charge in [0.1, 0.15) is 12.3 Å². The van der Waals surface area contributed by atoms with E-state index < -0.39 is 12.1 Å². The molecule has 0 aliphatic rings. The number of likely N-dealkylation sites (N-methyl/N-ethyl adjacent to an activating group) is 1. The van der Waals surface area contributed by atoms with Crippen molar-refractivity contribution in [3.8, 4) is 5.75 Å². The summed E-state index contributed by atoms with van der Waals surface area (Å²) in [6, 6.07) is 7.48. The van der Waals surface area contributed by atoms with Gasteiger partial charge in [-0.1, -0.05) is 17.7 Å². The average Bonchev–Trinajstić information content (AvgIpc) is 2.46. The highest BCUT2D eigenvalue weighted by Gasteiger charge is 2.23. The van der Waals surface area contributed by atoms with Crippen LogP contribution in [-0.4, -0.2) is 42.6 Å². The summed E-state index contributed by atoms with van der Waals surface area (Å²) in [6.07, 6.45) is -0.651. The Hall–Kier alpha value is -2.04. The Balaban J connectivity index is 2.62. The predicted octanol–water partition coefficient (Wildman–Crippen LogP) is 2.17. The van der Waals surface area contributed by atoms with Gasteiger partial charge in [0.25, 0.3) is 5.91 Å². The minimum atomic E-state index is -0.651. The quantitative estimate of drug-likeness (QED) is 0.723. The summed E-state index contributed by atoms with van der Waals surface area (Å²) in [5.41, 5.74) is 1.12. The zero-order valence-corrected chi connectivity index (χ0v) is 13.1. The first kappa shape index (κ1) is 17.0. The number of amides is 1. The van der Waals surface area contributed by atoms with Gasteiger partial charge in [-0.05, 0) is 39.8 Å². The van der Waals surface area contributed by atoms with E-state index in [4.69, 9.17) is 9.47 Å². The molecule has 0 heterocycles. The SMILES string of the molecule is CCOC(=O)CN(CC)C(=O)C(C)Oc1ccc(C)cc1. The Morgan fingerprint density at radius 2 is 1.81 bits per heavy atom. The van der Waals surface area contributed by atoms with Crippen LogP contribution in [-0.2, 0) is 14.3 Å². The molecule has 21 heavy (non-hydrogen) atoms. The summed E-state index contributed by atoms with van der Waals surface area (Å²) in [5.74, 6) is -0.00463. The van der Waals surface area contributed by atoms with Crippen molar-refractivity contribution in [2.24, 2.45) is 0 Å². The molecule has 0 N–H and O–H groups in total. The number of aryl methyl sites for hydroxylation is 1. The second-order valence-corrected chi connectivity index (χ2v) is 4.73. The molecule has 1 unspecified atom stereocenters. The van der Waals surface area contributed by atoms with Gasteiger partial charge >= 0.3 is 5.97 Å². The minimum Gasteiger partial charge on any atom is -0.481 e. The Labute approximate surface area is 125 Å². The van der Waals surface area contributed by atoms with E-state index in [9.17, 15) is 9.59 Å². The molecule has 0 aliphatic carbocycles. The molecule has 0 fully saturated rings. The number of carbonyl (C=O) groups is 2. The summed E-state index contributed by atoms with van der Waals surface area (Å²) in [7, 11) is 0.